The van der Waals surface area contributed by atoms with Crippen molar-refractivity contribution in [2.45, 2.75) is 31.3 Å². The molecule has 2 rings (SSSR count). The number of primary sulfonamides is 1. The molecule has 29 heavy (non-hydrogen) atoms. The van der Waals surface area contributed by atoms with E-state index in [1.165, 1.54) is 30.5 Å². The van der Waals surface area contributed by atoms with Crippen molar-refractivity contribution in [1.82, 2.24) is 5.43 Å². The minimum Gasteiger partial charge on any atom is -0.428 e. The number of benzene rings is 2. The zero-order valence-corrected chi connectivity index (χ0v) is 16.9. The standard InChI is InChI=1S/C19H21N3O6S/c1-19(2,3)28-18(24)27-15-8-4-13(5-9-15)12-21-22-17(23)14-6-10-16(11-7-14)29(20,25)26/h4-12H,1-3H3,(H,22,23)(H2,20,25,26)/b21-12+. The van der Waals surface area contributed by atoms with Gasteiger partial charge in [-0.05, 0) is 74.9 Å². The number of nitrogens with zero attached hydrogens (tertiary/aromatic N) is 1. The van der Waals surface area contributed by atoms with Crippen molar-refractivity contribution in [3.63, 3.8) is 0 Å². The van der Waals surface area contributed by atoms with Crippen LogP contribution in [0.1, 0.15) is 36.7 Å². The van der Waals surface area contributed by atoms with E-state index in [-0.39, 0.29) is 10.5 Å². The second kappa shape index (κ2) is 8.84. The Balaban J connectivity index is 1.91. The van der Waals surface area contributed by atoms with Crippen molar-refractivity contribution in [2.75, 3.05) is 0 Å². The maximum Gasteiger partial charge on any atom is 0.514 e. The summed E-state index contributed by atoms with van der Waals surface area (Å²) in [5.41, 5.74) is 2.53. The third kappa shape index (κ3) is 7.35. The van der Waals surface area contributed by atoms with Gasteiger partial charge in [-0.2, -0.15) is 5.10 Å². The van der Waals surface area contributed by atoms with Crippen molar-refractivity contribution in [3.05, 3.63) is 59.7 Å². The van der Waals surface area contributed by atoms with Gasteiger partial charge in [0, 0.05) is 5.56 Å². The number of hydrazone groups is 1. The number of nitrogens with two attached hydrogens (primary N) is 1. The van der Waals surface area contributed by atoms with Gasteiger partial charge in [-0.15, -0.1) is 0 Å². The van der Waals surface area contributed by atoms with Crippen LogP contribution >= 0.6 is 0 Å². The molecule has 0 bridgehead atoms. The minimum atomic E-state index is -3.82. The summed E-state index contributed by atoms with van der Waals surface area (Å²) in [6.45, 7) is 5.20. The lowest BCUT2D eigenvalue weighted by Crippen LogP contribution is -2.25. The van der Waals surface area contributed by atoms with Gasteiger partial charge in [0.25, 0.3) is 5.91 Å². The average Bonchev–Trinajstić information content (AvgIpc) is 2.61. The van der Waals surface area contributed by atoms with Crippen LogP contribution in [0.3, 0.4) is 0 Å². The molecule has 3 N–H and O–H groups in total. The second-order valence-electron chi connectivity index (χ2n) is 6.90. The largest absolute Gasteiger partial charge is 0.514 e. The van der Waals surface area contributed by atoms with Crippen molar-refractivity contribution in [3.8, 4) is 5.75 Å². The molecule has 0 fully saturated rings. The number of hydrogen-bond donors (Lipinski definition) is 2. The summed E-state index contributed by atoms with van der Waals surface area (Å²) in [6, 6.07) is 11.5. The molecule has 0 atom stereocenters. The lowest BCUT2D eigenvalue weighted by molar-refractivity contribution is 0.0206. The van der Waals surface area contributed by atoms with Gasteiger partial charge in [-0.3, -0.25) is 4.79 Å². The van der Waals surface area contributed by atoms with Crippen LogP contribution in [0.5, 0.6) is 5.75 Å². The lowest BCUT2D eigenvalue weighted by atomic mass is 10.2. The van der Waals surface area contributed by atoms with E-state index < -0.39 is 27.7 Å². The van der Waals surface area contributed by atoms with E-state index in [0.717, 1.165) is 0 Å². The monoisotopic (exact) mass is 419 g/mol. The van der Waals surface area contributed by atoms with Crippen molar-refractivity contribution >= 4 is 28.3 Å². The van der Waals surface area contributed by atoms with Crippen LogP contribution in [0.4, 0.5) is 4.79 Å². The molecule has 0 aliphatic carbocycles. The van der Waals surface area contributed by atoms with Gasteiger partial charge in [0.15, 0.2) is 0 Å². The summed E-state index contributed by atoms with van der Waals surface area (Å²) in [7, 11) is -3.82. The van der Waals surface area contributed by atoms with Crippen LogP contribution in [0, 0.1) is 0 Å². The second-order valence-corrected chi connectivity index (χ2v) is 8.47. The lowest BCUT2D eigenvalue weighted by Gasteiger charge is -2.18. The van der Waals surface area contributed by atoms with Crippen LogP contribution in [-0.2, 0) is 14.8 Å². The fraction of sp³-hybridized carbons (Fsp3) is 0.211. The molecule has 0 unspecified atom stereocenters. The summed E-state index contributed by atoms with van der Waals surface area (Å²) in [5.74, 6) is -0.220. The number of nitrogens with one attached hydrogen (secondary N) is 1. The summed E-state index contributed by atoms with van der Waals surface area (Å²) >= 11 is 0. The van der Waals surface area contributed by atoms with E-state index in [9.17, 15) is 18.0 Å². The van der Waals surface area contributed by atoms with Crippen LogP contribution in [0.25, 0.3) is 0 Å². The number of amides is 1. The number of ether oxygens (including phenoxy) is 2. The summed E-state index contributed by atoms with van der Waals surface area (Å²) in [5, 5.41) is 8.83. The highest BCUT2D eigenvalue weighted by Gasteiger charge is 2.17. The highest BCUT2D eigenvalue weighted by atomic mass is 32.2. The van der Waals surface area contributed by atoms with E-state index >= 15 is 0 Å². The van der Waals surface area contributed by atoms with Crippen LogP contribution in [0.15, 0.2) is 58.5 Å². The van der Waals surface area contributed by atoms with E-state index in [0.29, 0.717) is 11.3 Å². The van der Waals surface area contributed by atoms with E-state index in [1.807, 2.05) is 0 Å². The van der Waals surface area contributed by atoms with E-state index in [2.05, 4.69) is 10.5 Å². The molecule has 10 heteroatoms. The van der Waals surface area contributed by atoms with Gasteiger partial charge in [0.05, 0.1) is 11.1 Å². The number of carbonyl (C=O) groups is 2. The van der Waals surface area contributed by atoms with Crippen LogP contribution in [-0.4, -0.2) is 32.3 Å². The molecule has 0 aromatic heterocycles. The predicted octanol–water partition coefficient (Wildman–Crippen LogP) is 2.41. The smallest absolute Gasteiger partial charge is 0.428 e. The van der Waals surface area contributed by atoms with E-state index in [4.69, 9.17) is 14.6 Å². The summed E-state index contributed by atoms with van der Waals surface area (Å²) in [4.78, 5) is 23.5. The zero-order valence-electron chi connectivity index (χ0n) is 16.1. The van der Waals surface area contributed by atoms with Crippen LogP contribution < -0.4 is 15.3 Å². The molecule has 0 heterocycles. The Kier molecular flexibility index (Phi) is 6.72. The molecule has 0 radical (unpaired) electrons. The fourth-order valence-corrected chi connectivity index (χ4v) is 2.53. The Morgan fingerprint density at radius 1 is 1.03 bits per heavy atom. The first-order valence-electron chi connectivity index (χ1n) is 8.41. The van der Waals surface area contributed by atoms with Gasteiger partial charge < -0.3 is 9.47 Å². The molecule has 1 amide bonds. The van der Waals surface area contributed by atoms with Gasteiger partial charge >= 0.3 is 6.16 Å². The fourth-order valence-electron chi connectivity index (χ4n) is 2.01. The topological polar surface area (TPSA) is 137 Å². The molecule has 0 saturated carbocycles. The number of hydrogen-bond acceptors (Lipinski definition) is 7. The highest BCUT2D eigenvalue weighted by Crippen LogP contribution is 2.15. The third-order valence-corrected chi connectivity index (χ3v) is 4.22. The molecule has 0 spiro atoms. The van der Waals surface area contributed by atoms with Gasteiger partial charge in [-0.25, -0.2) is 23.8 Å². The third-order valence-electron chi connectivity index (χ3n) is 3.30. The number of sulfonamides is 1. The molecular weight excluding hydrogens is 398 g/mol. The molecule has 2 aromatic carbocycles. The van der Waals surface area contributed by atoms with Crippen LogP contribution in [0.2, 0.25) is 0 Å². The first kappa shape index (κ1) is 22.1. The average molecular weight is 419 g/mol. The first-order valence-corrected chi connectivity index (χ1v) is 9.96. The first-order chi connectivity index (χ1) is 13.4. The Morgan fingerprint density at radius 3 is 2.14 bits per heavy atom. The predicted molar refractivity (Wildman–Crippen MR) is 106 cm³/mol. The number of rotatable bonds is 5. The molecule has 0 saturated heterocycles. The van der Waals surface area contributed by atoms with Crippen molar-refractivity contribution < 1.29 is 27.5 Å². The maximum atomic E-state index is 12.0. The van der Waals surface area contributed by atoms with Gasteiger partial charge in [-0.1, -0.05) is 0 Å². The molecule has 0 aliphatic heterocycles. The van der Waals surface area contributed by atoms with Crippen molar-refractivity contribution in [2.24, 2.45) is 10.2 Å². The Bertz CT molecular complexity index is 1010. The molecule has 2 aromatic rings. The Morgan fingerprint density at radius 2 is 1.62 bits per heavy atom. The Hall–Kier alpha value is -3.24. The SMILES string of the molecule is CC(C)(C)OC(=O)Oc1ccc(/C=N/NC(=O)c2ccc(S(N)(=O)=O)cc2)cc1. The van der Waals surface area contributed by atoms with Gasteiger partial charge in [0.2, 0.25) is 10.0 Å². The quantitative estimate of drug-likeness (QED) is 0.330. The minimum absolute atomic E-state index is 0.0914. The molecular formula is C19H21N3O6S. The van der Waals surface area contributed by atoms with E-state index in [1.54, 1.807) is 45.0 Å². The van der Waals surface area contributed by atoms with Crippen molar-refractivity contribution in [1.29, 1.82) is 0 Å². The maximum absolute atomic E-state index is 12.0. The molecule has 154 valence electrons. The summed E-state index contributed by atoms with van der Waals surface area (Å²) in [6.07, 6.45) is 0.591. The zero-order chi connectivity index (χ0) is 21.7. The number of carbonyl (C=O) groups excluding carboxylic acids is 2. The Labute approximate surface area is 168 Å². The molecule has 0 aliphatic rings. The van der Waals surface area contributed by atoms with Gasteiger partial charge in [0.1, 0.15) is 11.4 Å². The molecule has 9 nitrogen and oxygen atoms in total. The normalized spacial score (nSPS) is 11.9. The summed E-state index contributed by atoms with van der Waals surface area (Å²) < 4.78 is 32.5. The highest BCUT2D eigenvalue weighted by molar-refractivity contribution is 7.89.